The largest absolute Gasteiger partial charge is 0.382 e. The second kappa shape index (κ2) is 7.38. The molecule has 0 radical (unpaired) electrons. The van der Waals surface area contributed by atoms with Crippen molar-refractivity contribution in [3.05, 3.63) is 54.4 Å². The van der Waals surface area contributed by atoms with Gasteiger partial charge in [-0.05, 0) is 74.1 Å². The molecular weight excluding hydrogens is 308 g/mol. The van der Waals surface area contributed by atoms with E-state index in [0.29, 0.717) is 12.1 Å². The lowest BCUT2D eigenvalue weighted by atomic mass is 9.94. The molecule has 4 heteroatoms. The second-order valence-corrected chi connectivity index (χ2v) is 6.94. The van der Waals surface area contributed by atoms with Gasteiger partial charge in [0.2, 0.25) is 0 Å². The Kier molecular flexibility index (Phi) is 4.81. The molecule has 2 aliphatic rings. The van der Waals surface area contributed by atoms with E-state index in [-0.39, 0.29) is 0 Å². The minimum absolute atomic E-state index is 0.445. The van der Waals surface area contributed by atoms with E-state index in [9.17, 15) is 0 Å². The maximum Gasteiger partial charge on any atom is 0.0443 e. The molecule has 0 saturated carbocycles. The van der Waals surface area contributed by atoms with E-state index in [0.717, 1.165) is 19.5 Å². The van der Waals surface area contributed by atoms with Crippen LogP contribution < -0.4 is 16.0 Å². The topological polar surface area (TPSA) is 49.0 Å². The minimum Gasteiger partial charge on any atom is -0.382 e. The summed E-state index contributed by atoms with van der Waals surface area (Å²) in [5.74, 6) is 0. The summed E-state index contributed by atoms with van der Waals surface area (Å²) in [6.07, 6.45) is 14.0. The summed E-state index contributed by atoms with van der Waals surface area (Å²) in [5.41, 5.74) is 3.79. The zero-order valence-corrected chi connectivity index (χ0v) is 14.8. The molecule has 1 aliphatic heterocycles. The molecule has 2 heterocycles. The van der Waals surface area contributed by atoms with Gasteiger partial charge in [-0.2, -0.15) is 0 Å². The number of fused-ring (bicyclic) bond motifs is 1. The molecule has 1 fully saturated rings. The first kappa shape index (κ1) is 16.3. The number of allylic oxidation sites excluding steroid dienone is 2. The monoisotopic (exact) mass is 334 g/mol. The van der Waals surface area contributed by atoms with Crippen LogP contribution in [-0.2, 0) is 0 Å². The summed E-state index contributed by atoms with van der Waals surface area (Å²) in [6, 6.07) is 7.66. The van der Waals surface area contributed by atoms with Crippen LogP contribution in [0.5, 0.6) is 0 Å². The van der Waals surface area contributed by atoms with Gasteiger partial charge in [0.15, 0.2) is 0 Å². The van der Waals surface area contributed by atoms with Gasteiger partial charge in [-0.25, -0.2) is 0 Å². The highest BCUT2D eigenvalue weighted by atomic mass is 15.0. The third kappa shape index (κ3) is 3.60. The van der Waals surface area contributed by atoms with E-state index in [4.69, 9.17) is 0 Å². The summed E-state index contributed by atoms with van der Waals surface area (Å²) in [4.78, 5) is 4.34. The summed E-state index contributed by atoms with van der Waals surface area (Å²) >= 11 is 0. The molecule has 2 aromatic rings. The van der Waals surface area contributed by atoms with Crippen molar-refractivity contribution in [2.45, 2.75) is 31.3 Å². The van der Waals surface area contributed by atoms with Gasteiger partial charge in [-0.15, -0.1) is 0 Å². The number of likely N-dealkylation sites (N-methyl/N-ethyl adjacent to an activating group) is 1. The molecule has 130 valence electrons. The minimum atomic E-state index is 0.445. The van der Waals surface area contributed by atoms with Crippen molar-refractivity contribution in [3.63, 3.8) is 0 Å². The first-order chi connectivity index (χ1) is 12.3. The molecule has 1 aromatic carbocycles. The Morgan fingerprint density at radius 3 is 2.84 bits per heavy atom. The van der Waals surface area contributed by atoms with Crippen LogP contribution in [0.15, 0.2) is 48.8 Å². The average molecular weight is 334 g/mol. The van der Waals surface area contributed by atoms with E-state index in [2.05, 4.69) is 57.4 Å². The molecule has 4 rings (SSSR count). The predicted octanol–water partition coefficient (Wildman–Crippen LogP) is 3.33. The smallest absolute Gasteiger partial charge is 0.0443 e. The SMILES string of the molecule is CNC1C=CC(c2cc(NC3CCNCC3)c3cnccc3c2)=CC1. The average Bonchev–Trinajstić information content (AvgIpc) is 2.69. The van der Waals surface area contributed by atoms with Crippen LogP contribution in [-0.4, -0.2) is 37.2 Å². The molecule has 0 amide bonds. The third-order valence-corrected chi connectivity index (χ3v) is 5.26. The van der Waals surface area contributed by atoms with Gasteiger partial charge < -0.3 is 16.0 Å². The second-order valence-electron chi connectivity index (χ2n) is 6.94. The van der Waals surface area contributed by atoms with Crippen LogP contribution >= 0.6 is 0 Å². The molecule has 1 aliphatic carbocycles. The molecular formula is C21H26N4. The van der Waals surface area contributed by atoms with E-state index >= 15 is 0 Å². The lowest BCUT2D eigenvalue weighted by molar-refractivity contribution is 0.479. The molecule has 1 atom stereocenters. The first-order valence-corrected chi connectivity index (χ1v) is 9.24. The summed E-state index contributed by atoms with van der Waals surface area (Å²) < 4.78 is 0. The quantitative estimate of drug-likeness (QED) is 0.803. The molecule has 25 heavy (non-hydrogen) atoms. The van der Waals surface area contributed by atoms with E-state index in [1.807, 2.05) is 19.4 Å². The number of benzene rings is 1. The highest BCUT2D eigenvalue weighted by Gasteiger charge is 2.15. The predicted molar refractivity (Wildman–Crippen MR) is 106 cm³/mol. The number of nitrogens with one attached hydrogen (secondary N) is 3. The van der Waals surface area contributed by atoms with Gasteiger partial charge in [0, 0.05) is 35.6 Å². The van der Waals surface area contributed by atoms with Crippen molar-refractivity contribution in [1.29, 1.82) is 0 Å². The van der Waals surface area contributed by atoms with Crippen molar-refractivity contribution in [1.82, 2.24) is 15.6 Å². The van der Waals surface area contributed by atoms with Crippen LogP contribution in [0.3, 0.4) is 0 Å². The number of pyridine rings is 1. The summed E-state index contributed by atoms with van der Waals surface area (Å²) in [6.45, 7) is 2.18. The highest BCUT2D eigenvalue weighted by Crippen LogP contribution is 2.31. The fraction of sp³-hybridized carbons (Fsp3) is 0.381. The van der Waals surface area contributed by atoms with E-state index in [1.54, 1.807) is 0 Å². The number of anilines is 1. The molecule has 3 N–H and O–H groups in total. The number of nitrogens with zero attached hydrogens (tertiary/aromatic N) is 1. The lowest BCUT2D eigenvalue weighted by Crippen LogP contribution is -2.35. The van der Waals surface area contributed by atoms with Crippen LogP contribution in [0.2, 0.25) is 0 Å². The van der Waals surface area contributed by atoms with Gasteiger partial charge in [-0.1, -0.05) is 18.2 Å². The molecule has 1 saturated heterocycles. The molecule has 4 nitrogen and oxygen atoms in total. The summed E-state index contributed by atoms with van der Waals surface area (Å²) in [7, 11) is 2.01. The zero-order valence-electron chi connectivity index (χ0n) is 14.8. The highest BCUT2D eigenvalue weighted by molar-refractivity contribution is 5.97. The fourth-order valence-electron chi connectivity index (χ4n) is 3.72. The summed E-state index contributed by atoms with van der Waals surface area (Å²) in [5, 5.41) is 13.0. The van der Waals surface area contributed by atoms with Crippen molar-refractivity contribution in [2.75, 3.05) is 25.5 Å². The number of piperidine rings is 1. The lowest BCUT2D eigenvalue weighted by Gasteiger charge is -2.26. The van der Waals surface area contributed by atoms with E-state index in [1.165, 1.54) is 40.4 Å². The number of aromatic nitrogens is 1. The Bertz CT molecular complexity index is 803. The zero-order chi connectivity index (χ0) is 17.1. The Hall–Kier alpha value is -2.17. The van der Waals surface area contributed by atoms with Gasteiger partial charge >= 0.3 is 0 Å². The molecule has 1 unspecified atom stereocenters. The normalized spacial score (nSPS) is 21.3. The van der Waals surface area contributed by atoms with Crippen LogP contribution in [0.1, 0.15) is 24.8 Å². The maximum atomic E-state index is 4.34. The van der Waals surface area contributed by atoms with Crippen molar-refractivity contribution >= 4 is 22.0 Å². The van der Waals surface area contributed by atoms with Crippen molar-refractivity contribution in [3.8, 4) is 0 Å². The van der Waals surface area contributed by atoms with Gasteiger partial charge in [-0.3, -0.25) is 4.98 Å². The van der Waals surface area contributed by atoms with E-state index < -0.39 is 0 Å². The standard InChI is InChI=1S/C21H26N4/c1-22-18-4-2-15(3-5-18)17-12-16-6-9-24-14-20(16)21(13-17)25-19-7-10-23-11-8-19/h2-4,6,9,12-14,18-19,22-23,25H,5,7-8,10-11H2,1H3. The fourth-order valence-corrected chi connectivity index (χ4v) is 3.72. The molecule has 0 bridgehead atoms. The number of hydrogen-bond donors (Lipinski definition) is 3. The van der Waals surface area contributed by atoms with Crippen molar-refractivity contribution < 1.29 is 0 Å². The van der Waals surface area contributed by atoms with Crippen LogP contribution in [0.25, 0.3) is 16.3 Å². The Labute approximate surface area is 149 Å². The maximum absolute atomic E-state index is 4.34. The Morgan fingerprint density at radius 1 is 1.20 bits per heavy atom. The van der Waals surface area contributed by atoms with Crippen LogP contribution in [0.4, 0.5) is 5.69 Å². The Morgan fingerprint density at radius 2 is 2.08 bits per heavy atom. The Balaban J connectivity index is 1.69. The van der Waals surface area contributed by atoms with Gasteiger partial charge in [0.1, 0.15) is 0 Å². The van der Waals surface area contributed by atoms with Crippen LogP contribution in [0, 0.1) is 0 Å². The number of hydrogen-bond acceptors (Lipinski definition) is 4. The first-order valence-electron chi connectivity index (χ1n) is 9.24. The molecule has 1 aromatic heterocycles. The van der Waals surface area contributed by atoms with Crippen molar-refractivity contribution in [2.24, 2.45) is 0 Å². The molecule has 0 spiro atoms. The number of rotatable bonds is 4. The van der Waals surface area contributed by atoms with Gasteiger partial charge in [0.05, 0.1) is 0 Å². The third-order valence-electron chi connectivity index (χ3n) is 5.26. The van der Waals surface area contributed by atoms with Gasteiger partial charge in [0.25, 0.3) is 0 Å².